The maximum absolute atomic E-state index is 12.6. The molecule has 2 rings (SSSR count). The lowest BCUT2D eigenvalue weighted by Crippen LogP contribution is -2.38. The van der Waals surface area contributed by atoms with Crippen molar-refractivity contribution >= 4 is 17.9 Å². The van der Waals surface area contributed by atoms with Gasteiger partial charge in [0, 0.05) is 5.56 Å². The Labute approximate surface area is 170 Å². The molecule has 0 fully saturated rings. The minimum absolute atomic E-state index is 0.00428. The fourth-order valence-corrected chi connectivity index (χ4v) is 2.66. The van der Waals surface area contributed by atoms with Gasteiger partial charge in [-0.15, -0.1) is 0 Å². The van der Waals surface area contributed by atoms with Crippen LogP contribution in [0, 0.1) is 0 Å². The lowest BCUT2D eigenvalue weighted by atomic mass is 9.87. The van der Waals surface area contributed by atoms with Gasteiger partial charge in [-0.05, 0) is 46.9 Å². The summed E-state index contributed by atoms with van der Waals surface area (Å²) in [5, 5.41) is 2.61. The highest BCUT2D eigenvalue weighted by atomic mass is 16.5. The normalized spacial score (nSPS) is 11.6. The SMILES string of the molecule is COc1ccc(/C=C(/NC(=O)c2ccc(C(C)(C)C)cc2)C(=O)NN)cc1OC. The standard InChI is InChI=1S/C22H27N3O4/c1-22(2,3)16-9-7-15(8-10-16)20(26)24-17(21(27)25-23)12-14-6-11-18(28-4)19(13-14)29-5/h6-13H,23H2,1-5H3,(H,24,26)(H,25,27)/b17-12+. The molecule has 0 saturated carbocycles. The molecule has 0 spiro atoms. The number of carbonyl (C=O) groups excluding carboxylic acids is 2. The minimum Gasteiger partial charge on any atom is -0.493 e. The molecule has 0 unspecified atom stereocenters. The van der Waals surface area contributed by atoms with E-state index in [1.165, 1.54) is 20.3 Å². The number of hydrogen-bond donors (Lipinski definition) is 3. The van der Waals surface area contributed by atoms with Crippen molar-refractivity contribution in [1.82, 2.24) is 10.7 Å². The number of hydrogen-bond acceptors (Lipinski definition) is 5. The number of nitrogens with two attached hydrogens (primary N) is 1. The second kappa shape index (κ2) is 9.25. The molecule has 0 aliphatic rings. The van der Waals surface area contributed by atoms with Crippen LogP contribution in [0.15, 0.2) is 48.2 Å². The molecule has 2 aromatic rings. The molecule has 7 heteroatoms. The summed E-state index contributed by atoms with van der Waals surface area (Å²) in [6.07, 6.45) is 1.51. The summed E-state index contributed by atoms with van der Waals surface area (Å²) >= 11 is 0. The van der Waals surface area contributed by atoms with E-state index in [0.29, 0.717) is 22.6 Å². The number of carbonyl (C=O) groups is 2. The van der Waals surface area contributed by atoms with Crippen molar-refractivity contribution in [2.24, 2.45) is 5.84 Å². The average Bonchev–Trinajstić information content (AvgIpc) is 2.71. The second-order valence-corrected chi connectivity index (χ2v) is 7.43. The van der Waals surface area contributed by atoms with Crippen molar-refractivity contribution in [2.75, 3.05) is 14.2 Å². The summed E-state index contributed by atoms with van der Waals surface area (Å²) in [6, 6.07) is 12.4. The van der Waals surface area contributed by atoms with Crippen molar-refractivity contribution < 1.29 is 19.1 Å². The smallest absolute Gasteiger partial charge is 0.281 e. The Bertz CT molecular complexity index is 913. The molecule has 0 aromatic heterocycles. The van der Waals surface area contributed by atoms with E-state index in [-0.39, 0.29) is 11.1 Å². The maximum atomic E-state index is 12.6. The van der Waals surface area contributed by atoms with Gasteiger partial charge in [0.1, 0.15) is 5.70 Å². The number of benzene rings is 2. The van der Waals surface area contributed by atoms with Gasteiger partial charge in [-0.3, -0.25) is 15.0 Å². The number of rotatable bonds is 6. The Morgan fingerprint density at radius 1 is 0.966 bits per heavy atom. The molecular weight excluding hydrogens is 370 g/mol. The van der Waals surface area contributed by atoms with Crippen LogP contribution in [0.25, 0.3) is 6.08 Å². The van der Waals surface area contributed by atoms with E-state index in [1.54, 1.807) is 30.3 Å². The van der Waals surface area contributed by atoms with Crippen LogP contribution in [0.3, 0.4) is 0 Å². The van der Waals surface area contributed by atoms with Crippen LogP contribution in [0.1, 0.15) is 42.3 Å². The quantitative estimate of drug-likeness (QED) is 0.301. The van der Waals surface area contributed by atoms with Crippen molar-refractivity contribution in [2.45, 2.75) is 26.2 Å². The molecule has 7 nitrogen and oxygen atoms in total. The third kappa shape index (κ3) is 5.58. The summed E-state index contributed by atoms with van der Waals surface area (Å²) in [5.41, 5.74) is 4.19. The highest BCUT2D eigenvalue weighted by Crippen LogP contribution is 2.28. The van der Waals surface area contributed by atoms with E-state index in [2.05, 4.69) is 26.1 Å². The van der Waals surface area contributed by atoms with Gasteiger partial charge in [0.2, 0.25) is 0 Å². The van der Waals surface area contributed by atoms with Crippen LogP contribution in [0.2, 0.25) is 0 Å². The van der Waals surface area contributed by atoms with E-state index in [1.807, 2.05) is 17.6 Å². The van der Waals surface area contributed by atoms with E-state index in [4.69, 9.17) is 15.3 Å². The molecular formula is C22H27N3O4. The zero-order valence-electron chi connectivity index (χ0n) is 17.3. The lowest BCUT2D eigenvalue weighted by Gasteiger charge is -2.19. The topological polar surface area (TPSA) is 103 Å². The molecule has 0 saturated heterocycles. The Morgan fingerprint density at radius 3 is 2.10 bits per heavy atom. The van der Waals surface area contributed by atoms with Crippen LogP contribution in [0.5, 0.6) is 11.5 Å². The Morgan fingerprint density at radius 2 is 1.59 bits per heavy atom. The second-order valence-electron chi connectivity index (χ2n) is 7.43. The van der Waals surface area contributed by atoms with E-state index >= 15 is 0 Å². The van der Waals surface area contributed by atoms with Crippen molar-refractivity contribution in [1.29, 1.82) is 0 Å². The number of methoxy groups -OCH3 is 2. The molecule has 4 N–H and O–H groups in total. The van der Waals surface area contributed by atoms with Gasteiger partial charge in [-0.2, -0.15) is 0 Å². The van der Waals surface area contributed by atoms with Crippen molar-refractivity contribution in [3.05, 3.63) is 64.9 Å². The fraction of sp³-hybridized carbons (Fsp3) is 0.273. The predicted molar refractivity (Wildman–Crippen MR) is 112 cm³/mol. The third-order valence-electron chi connectivity index (χ3n) is 4.36. The van der Waals surface area contributed by atoms with Gasteiger partial charge in [-0.1, -0.05) is 39.0 Å². The first kappa shape index (κ1) is 22.0. The van der Waals surface area contributed by atoms with Gasteiger partial charge in [0.05, 0.1) is 14.2 Å². The minimum atomic E-state index is -0.626. The largest absolute Gasteiger partial charge is 0.493 e. The molecule has 2 aromatic carbocycles. The van der Waals surface area contributed by atoms with Crippen molar-refractivity contribution in [3.63, 3.8) is 0 Å². The monoisotopic (exact) mass is 397 g/mol. The number of hydrazine groups is 1. The molecule has 0 heterocycles. The molecule has 0 atom stereocenters. The molecule has 0 radical (unpaired) electrons. The average molecular weight is 397 g/mol. The fourth-order valence-electron chi connectivity index (χ4n) is 2.66. The number of amides is 2. The van der Waals surface area contributed by atoms with Gasteiger partial charge in [0.25, 0.3) is 11.8 Å². The van der Waals surface area contributed by atoms with Gasteiger partial charge in [-0.25, -0.2) is 5.84 Å². The predicted octanol–water partition coefficient (Wildman–Crippen LogP) is 2.76. The van der Waals surface area contributed by atoms with Gasteiger partial charge >= 0.3 is 0 Å². The summed E-state index contributed by atoms with van der Waals surface area (Å²) in [6.45, 7) is 6.28. The Kier molecular flexibility index (Phi) is 7.01. The molecule has 2 amide bonds. The maximum Gasteiger partial charge on any atom is 0.281 e. The van der Waals surface area contributed by atoms with E-state index in [0.717, 1.165) is 5.56 Å². The first-order valence-electron chi connectivity index (χ1n) is 9.06. The zero-order valence-corrected chi connectivity index (χ0v) is 17.3. The molecule has 0 aliphatic heterocycles. The molecule has 0 aliphatic carbocycles. The first-order chi connectivity index (χ1) is 13.7. The summed E-state index contributed by atoms with van der Waals surface area (Å²) in [5.74, 6) is 5.28. The number of nitrogens with one attached hydrogen (secondary N) is 2. The summed E-state index contributed by atoms with van der Waals surface area (Å²) in [4.78, 5) is 24.8. The van der Waals surface area contributed by atoms with Crippen LogP contribution in [-0.2, 0) is 10.2 Å². The van der Waals surface area contributed by atoms with E-state index in [9.17, 15) is 9.59 Å². The highest BCUT2D eigenvalue weighted by Gasteiger charge is 2.17. The van der Waals surface area contributed by atoms with Crippen LogP contribution < -0.4 is 26.1 Å². The van der Waals surface area contributed by atoms with Gasteiger partial charge in [0.15, 0.2) is 11.5 Å². The molecule has 154 valence electrons. The Balaban J connectivity index is 2.30. The molecule has 0 bridgehead atoms. The van der Waals surface area contributed by atoms with Gasteiger partial charge < -0.3 is 14.8 Å². The third-order valence-corrected chi connectivity index (χ3v) is 4.36. The summed E-state index contributed by atoms with van der Waals surface area (Å²) in [7, 11) is 3.05. The summed E-state index contributed by atoms with van der Waals surface area (Å²) < 4.78 is 10.5. The van der Waals surface area contributed by atoms with E-state index < -0.39 is 11.8 Å². The highest BCUT2D eigenvalue weighted by molar-refractivity contribution is 6.05. The van der Waals surface area contributed by atoms with Crippen LogP contribution >= 0.6 is 0 Å². The first-order valence-corrected chi connectivity index (χ1v) is 9.06. The number of ether oxygens (including phenoxy) is 2. The molecule has 29 heavy (non-hydrogen) atoms. The zero-order chi connectivity index (χ0) is 21.6. The van der Waals surface area contributed by atoms with Crippen LogP contribution in [0.4, 0.5) is 0 Å². The Hall–Kier alpha value is -3.32. The lowest BCUT2D eigenvalue weighted by molar-refractivity contribution is -0.117. The van der Waals surface area contributed by atoms with Crippen LogP contribution in [-0.4, -0.2) is 26.0 Å². The van der Waals surface area contributed by atoms with Crippen molar-refractivity contribution in [3.8, 4) is 11.5 Å².